The van der Waals surface area contributed by atoms with E-state index in [4.69, 9.17) is 9.47 Å². The lowest BCUT2D eigenvalue weighted by Crippen LogP contribution is -2.51. The monoisotopic (exact) mass is 400 g/mol. The molecule has 2 saturated heterocycles. The molecule has 132 valence electrons. The number of benzene rings is 1. The van der Waals surface area contributed by atoms with Crippen molar-refractivity contribution in [2.75, 3.05) is 45.9 Å². The Morgan fingerprint density at radius 3 is 2.79 bits per heavy atom. The lowest BCUT2D eigenvalue weighted by atomic mass is 10.2. The van der Waals surface area contributed by atoms with Gasteiger partial charge in [0.05, 0.1) is 10.6 Å². The molecule has 1 aromatic rings. The van der Waals surface area contributed by atoms with E-state index in [1.807, 2.05) is 4.90 Å². The summed E-state index contributed by atoms with van der Waals surface area (Å²) in [4.78, 5) is 16.5. The van der Waals surface area contributed by atoms with Crippen LogP contribution in [0.1, 0.15) is 12.8 Å². The van der Waals surface area contributed by atoms with Gasteiger partial charge in [-0.25, -0.2) is 4.39 Å². The second-order valence-electron chi connectivity index (χ2n) is 6.18. The number of ether oxygens (including phenoxy) is 2. The van der Waals surface area contributed by atoms with Gasteiger partial charge in [0.25, 0.3) is 5.91 Å². The van der Waals surface area contributed by atoms with Crippen LogP contribution in [0.2, 0.25) is 0 Å². The highest BCUT2D eigenvalue weighted by molar-refractivity contribution is 9.10. The third-order valence-electron chi connectivity index (χ3n) is 4.46. The second kappa shape index (κ2) is 8.27. The summed E-state index contributed by atoms with van der Waals surface area (Å²) in [5.74, 6) is 0.0904. The van der Waals surface area contributed by atoms with Crippen LogP contribution in [0.25, 0.3) is 0 Å². The Bertz CT molecular complexity index is 573. The Balaban J connectivity index is 1.41. The molecule has 1 unspecified atom stereocenters. The average molecular weight is 401 g/mol. The van der Waals surface area contributed by atoms with Crippen LogP contribution < -0.4 is 4.74 Å². The normalized spacial score (nSPS) is 21.9. The van der Waals surface area contributed by atoms with Gasteiger partial charge in [0.2, 0.25) is 0 Å². The molecule has 0 bridgehead atoms. The van der Waals surface area contributed by atoms with E-state index >= 15 is 0 Å². The highest BCUT2D eigenvalue weighted by Crippen LogP contribution is 2.25. The third-order valence-corrected chi connectivity index (χ3v) is 5.08. The summed E-state index contributed by atoms with van der Waals surface area (Å²) < 4.78 is 24.7. The summed E-state index contributed by atoms with van der Waals surface area (Å²) >= 11 is 3.23. The van der Waals surface area contributed by atoms with E-state index in [-0.39, 0.29) is 18.3 Å². The summed E-state index contributed by atoms with van der Waals surface area (Å²) in [5.41, 5.74) is 0. The van der Waals surface area contributed by atoms with Crippen LogP contribution in [0.5, 0.6) is 5.75 Å². The van der Waals surface area contributed by atoms with Crippen LogP contribution in [0, 0.1) is 5.82 Å². The van der Waals surface area contributed by atoms with Crippen LogP contribution in [-0.2, 0) is 9.53 Å². The van der Waals surface area contributed by atoms with E-state index in [0.717, 1.165) is 39.1 Å². The molecule has 0 aliphatic carbocycles. The summed E-state index contributed by atoms with van der Waals surface area (Å²) in [6, 6.07) is 4.16. The molecule has 2 aliphatic heterocycles. The average Bonchev–Trinajstić information content (AvgIpc) is 3.07. The third kappa shape index (κ3) is 4.68. The Morgan fingerprint density at radius 2 is 2.12 bits per heavy atom. The minimum absolute atomic E-state index is 0.0318. The highest BCUT2D eigenvalue weighted by atomic mass is 79.9. The molecule has 24 heavy (non-hydrogen) atoms. The van der Waals surface area contributed by atoms with Crippen molar-refractivity contribution in [2.45, 2.75) is 18.9 Å². The zero-order valence-corrected chi connectivity index (χ0v) is 15.1. The number of carbonyl (C=O) groups excluding carboxylic acids is 1. The van der Waals surface area contributed by atoms with Gasteiger partial charge in [0.15, 0.2) is 6.61 Å². The van der Waals surface area contributed by atoms with Crippen molar-refractivity contribution in [1.29, 1.82) is 0 Å². The molecular formula is C17H22BrFN2O3. The van der Waals surface area contributed by atoms with Gasteiger partial charge in [-0.2, -0.15) is 0 Å². The quantitative estimate of drug-likeness (QED) is 0.760. The zero-order valence-electron chi connectivity index (χ0n) is 13.5. The predicted octanol–water partition coefficient (Wildman–Crippen LogP) is 2.29. The summed E-state index contributed by atoms with van der Waals surface area (Å²) in [7, 11) is 0. The first-order chi connectivity index (χ1) is 11.6. The van der Waals surface area contributed by atoms with Crippen molar-refractivity contribution in [3.63, 3.8) is 0 Å². The van der Waals surface area contributed by atoms with Gasteiger partial charge in [-0.05, 0) is 47.0 Å². The SMILES string of the molecule is O=C(COc1ccc(F)cc1Br)N1CCN(CC2CCCO2)CC1. The number of amides is 1. The maximum atomic E-state index is 13.0. The molecule has 2 fully saturated rings. The van der Waals surface area contributed by atoms with E-state index in [1.54, 1.807) is 0 Å². The molecule has 2 aliphatic rings. The van der Waals surface area contributed by atoms with Crippen molar-refractivity contribution in [2.24, 2.45) is 0 Å². The minimum atomic E-state index is -0.345. The standard InChI is InChI=1S/C17H22BrFN2O3/c18-15-10-13(19)3-4-16(15)24-12-17(22)21-7-5-20(6-8-21)11-14-2-1-9-23-14/h3-4,10,14H,1-2,5-9,11-12H2. The van der Waals surface area contributed by atoms with Crippen LogP contribution in [0.4, 0.5) is 4.39 Å². The topological polar surface area (TPSA) is 42.0 Å². The molecule has 7 heteroatoms. The fourth-order valence-electron chi connectivity index (χ4n) is 3.08. The van der Waals surface area contributed by atoms with Gasteiger partial charge in [-0.1, -0.05) is 0 Å². The lowest BCUT2D eigenvalue weighted by Gasteiger charge is -2.35. The van der Waals surface area contributed by atoms with Gasteiger partial charge >= 0.3 is 0 Å². The molecule has 1 aromatic carbocycles. The number of hydrogen-bond acceptors (Lipinski definition) is 4. The first kappa shape index (κ1) is 17.6. The Kier molecular flexibility index (Phi) is 6.08. The number of nitrogens with zero attached hydrogens (tertiary/aromatic N) is 2. The predicted molar refractivity (Wildman–Crippen MR) is 91.6 cm³/mol. The first-order valence-corrected chi connectivity index (χ1v) is 9.11. The molecule has 0 N–H and O–H groups in total. The Labute approximate surface area is 149 Å². The van der Waals surface area contributed by atoms with Crippen molar-refractivity contribution in [3.05, 3.63) is 28.5 Å². The number of piperazine rings is 1. The summed E-state index contributed by atoms with van der Waals surface area (Å²) in [6.07, 6.45) is 2.64. The molecule has 5 nitrogen and oxygen atoms in total. The van der Waals surface area contributed by atoms with Crippen molar-refractivity contribution in [1.82, 2.24) is 9.80 Å². The van der Waals surface area contributed by atoms with Gasteiger partial charge < -0.3 is 14.4 Å². The molecule has 0 aromatic heterocycles. The largest absolute Gasteiger partial charge is 0.483 e. The Morgan fingerprint density at radius 1 is 1.33 bits per heavy atom. The first-order valence-electron chi connectivity index (χ1n) is 8.31. The van der Waals surface area contributed by atoms with Gasteiger partial charge in [-0.15, -0.1) is 0 Å². The fraction of sp³-hybridized carbons (Fsp3) is 0.588. The molecule has 0 saturated carbocycles. The molecule has 0 spiro atoms. The molecular weight excluding hydrogens is 379 g/mol. The molecule has 2 heterocycles. The van der Waals surface area contributed by atoms with E-state index < -0.39 is 0 Å². The van der Waals surface area contributed by atoms with E-state index in [1.165, 1.54) is 18.2 Å². The molecule has 1 amide bonds. The van der Waals surface area contributed by atoms with Crippen LogP contribution in [0.15, 0.2) is 22.7 Å². The number of rotatable bonds is 5. The van der Waals surface area contributed by atoms with Crippen molar-refractivity contribution in [3.8, 4) is 5.75 Å². The van der Waals surface area contributed by atoms with Crippen LogP contribution >= 0.6 is 15.9 Å². The Hall–Kier alpha value is -1.18. The second-order valence-corrected chi connectivity index (χ2v) is 7.03. The molecule has 0 radical (unpaired) electrons. The van der Waals surface area contributed by atoms with Crippen LogP contribution in [0.3, 0.4) is 0 Å². The van der Waals surface area contributed by atoms with Crippen LogP contribution in [-0.4, -0.2) is 67.7 Å². The maximum Gasteiger partial charge on any atom is 0.260 e. The summed E-state index contributed by atoms with van der Waals surface area (Å²) in [5, 5.41) is 0. The van der Waals surface area contributed by atoms with Gasteiger partial charge in [0, 0.05) is 39.3 Å². The molecule has 3 rings (SSSR count). The van der Waals surface area contributed by atoms with E-state index in [0.29, 0.717) is 29.4 Å². The fourth-order valence-corrected chi connectivity index (χ4v) is 3.54. The van der Waals surface area contributed by atoms with E-state index in [2.05, 4.69) is 20.8 Å². The number of carbonyl (C=O) groups is 1. The number of hydrogen-bond donors (Lipinski definition) is 0. The summed E-state index contributed by atoms with van der Waals surface area (Å²) in [6.45, 7) is 4.95. The maximum absolute atomic E-state index is 13.0. The minimum Gasteiger partial charge on any atom is -0.483 e. The smallest absolute Gasteiger partial charge is 0.260 e. The van der Waals surface area contributed by atoms with E-state index in [9.17, 15) is 9.18 Å². The number of halogens is 2. The highest BCUT2D eigenvalue weighted by Gasteiger charge is 2.25. The van der Waals surface area contributed by atoms with Crippen molar-refractivity contribution < 1.29 is 18.7 Å². The zero-order chi connectivity index (χ0) is 16.9. The van der Waals surface area contributed by atoms with Gasteiger partial charge in [-0.3, -0.25) is 9.69 Å². The van der Waals surface area contributed by atoms with Gasteiger partial charge in [0.1, 0.15) is 11.6 Å². The lowest BCUT2D eigenvalue weighted by molar-refractivity contribution is -0.135. The molecule has 1 atom stereocenters. The van der Waals surface area contributed by atoms with Crippen molar-refractivity contribution >= 4 is 21.8 Å².